The van der Waals surface area contributed by atoms with E-state index in [1.165, 1.54) is 12.1 Å². The van der Waals surface area contributed by atoms with Crippen LogP contribution in [0.4, 0.5) is 13.2 Å². The normalized spacial score (nSPS) is 13.2. The zero-order valence-electron chi connectivity index (χ0n) is 11.1. The van der Waals surface area contributed by atoms with E-state index in [1.807, 2.05) is 30.3 Å². The van der Waals surface area contributed by atoms with Crippen molar-refractivity contribution in [3.05, 3.63) is 69.7 Å². The molecule has 0 spiro atoms. The summed E-state index contributed by atoms with van der Waals surface area (Å²) in [6.07, 6.45) is -4.37. The van der Waals surface area contributed by atoms with Crippen molar-refractivity contribution >= 4 is 15.9 Å². The van der Waals surface area contributed by atoms with Gasteiger partial charge in [0.1, 0.15) is 0 Å². The molecule has 2 aromatic carbocycles. The first kappa shape index (κ1) is 16.0. The average molecular weight is 359 g/mol. The Balaban J connectivity index is 2.11. The molecule has 2 rings (SSSR count). The maximum absolute atomic E-state index is 12.8. The Hall–Kier alpha value is -1.33. The minimum absolute atomic E-state index is 0.0194. The fourth-order valence-corrected chi connectivity index (χ4v) is 2.55. The summed E-state index contributed by atoms with van der Waals surface area (Å²) in [7, 11) is 0. The molecule has 0 bridgehead atoms. The number of aryl methyl sites for hydroxylation is 1. The van der Waals surface area contributed by atoms with Crippen LogP contribution in [-0.4, -0.2) is 5.11 Å². The Morgan fingerprint density at radius 2 is 1.71 bits per heavy atom. The first-order valence-electron chi connectivity index (χ1n) is 6.46. The Morgan fingerprint density at radius 3 is 2.33 bits per heavy atom. The van der Waals surface area contributed by atoms with Crippen LogP contribution in [0.15, 0.2) is 53.0 Å². The molecule has 0 aliphatic carbocycles. The molecule has 1 unspecified atom stereocenters. The minimum atomic E-state index is -4.44. The van der Waals surface area contributed by atoms with E-state index in [0.29, 0.717) is 12.8 Å². The van der Waals surface area contributed by atoms with Crippen molar-refractivity contribution in [3.63, 3.8) is 0 Å². The first-order chi connectivity index (χ1) is 9.88. The van der Waals surface area contributed by atoms with Gasteiger partial charge < -0.3 is 5.11 Å². The molecule has 0 aromatic heterocycles. The van der Waals surface area contributed by atoms with Crippen molar-refractivity contribution in [1.29, 1.82) is 0 Å². The van der Waals surface area contributed by atoms with Gasteiger partial charge in [0.05, 0.1) is 11.7 Å². The van der Waals surface area contributed by atoms with E-state index >= 15 is 0 Å². The lowest BCUT2D eigenvalue weighted by Crippen LogP contribution is -2.08. The highest BCUT2D eigenvalue weighted by atomic mass is 79.9. The van der Waals surface area contributed by atoms with Gasteiger partial charge in [-0.2, -0.15) is 13.2 Å². The molecule has 0 fully saturated rings. The molecule has 0 amide bonds. The van der Waals surface area contributed by atoms with Crippen molar-refractivity contribution in [2.24, 2.45) is 0 Å². The summed E-state index contributed by atoms with van der Waals surface area (Å²) in [5.41, 5.74) is 0.560. The lowest BCUT2D eigenvalue weighted by atomic mass is 10.00. The lowest BCUT2D eigenvalue weighted by molar-refractivity contribution is -0.138. The Kier molecular flexibility index (Phi) is 5.06. The van der Waals surface area contributed by atoms with E-state index in [4.69, 9.17) is 0 Å². The van der Waals surface area contributed by atoms with Crippen LogP contribution in [-0.2, 0) is 12.6 Å². The standard InChI is InChI=1S/C16H14BrF3O/c17-14-8-7-12(10-13(14)16(18,19)20)15(21)9-6-11-4-2-1-3-5-11/h1-5,7-8,10,15,21H,6,9H2. The van der Waals surface area contributed by atoms with Gasteiger partial charge in [-0.25, -0.2) is 0 Å². The van der Waals surface area contributed by atoms with Crippen molar-refractivity contribution in [1.82, 2.24) is 0 Å². The molecule has 112 valence electrons. The number of hydrogen-bond donors (Lipinski definition) is 1. The molecule has 0 saturated carbocycles. The molecule has 0 aliphatic heterocycles. The average Bonchev–Trinajstić information content (AvgIpc) is 2.45. The summed E-state index contributed by atoms with van der Waals surface area (Å²) >= 11 is 2.89. The molecule has 0 radical (unpaired) electrons. The summed E-state index contributed by atoms with van der Waals surface area (Å²) < 4.78 is 38.5. The molecule has 1 atom stereocenters. The van der Waals surface area contributed by atoms with Crippen molar-refractivity contribution in [3.8, 4) is 0 Å². The fourth-order valence-electron chi connectivity index (χ4n) is 2.08. The van der Waals surface area contributed by atoms with Gasteiger partial charge in [-0.3, -0.25) is 0 Å². The maximum atomic E-state index is 12.8. The van der Waals surface area contributed by atoms with Gasteiger partial charge in [0, 0.05) is 4.47 Å². The number of rotatable bonds is 4. The smallest absolute Gasteiger partial charge is 0.388 e. The van der Waals surface area contributed by atoms with Crippen LogP contribution in [0.3, 0.4) is 0 Å². The molecule has 1 N–H and O–H groups in total. The zero-order chi connectivity index (χ0) is 15.5. The highest BCUT2D eigenvalue weighted by molar-refractivity contribution is 9.10. The number of aliphatic hydroxyl groups is 1. The Bertz CT molecular complexity index is 596. The Labute approximate surface area is 129 Å². The highest BCUT2D eigenvalue weighted by Crippen LogP contribution is 2.36. The maximum Gasteiger partial charge on any atom is 0.417 e. The second-order valence-corrected chi connectivity index (χ2v) is 5.63. The van der Waals surface area contributed by atoms with Gasteiger partial charge in [-0.05, 0) is 36.1 Å². The van der Waals surface area contributed by atoms with Crippen LogP contribution in [0.25, 0.3) is 0 Å². The summed E-state index contributed by atoms with van der Waals surface area (Å²) in [4.78, 5) is 0. The van der Waals surface area contributed by atoms with E-state index in [2.05, 4.69) is 15.9 Å². The fraction of sp³-hybridized carbons (Fsp3) is 0.250. The zero-order valence-corrected chi connectivity index (χ0v) is 12.7. The quantitative estimate of drug-likeness (QED) is 0.802. The summed E-state index contributed by atoms with van der Waals surface area (Å²) in [5.74, 6) is 0. The van der Waals surface area contributed by atoms with E-state index in [1.54, 1.807) is 0 Å². The molecule has 0 aliphatic rings. The largest absolute Gasteiger partial charge is 0.417 e. The monoisotopic (exact) mass is 358 g/mol. The van der Waals surface area contributed by atoms with Crippen LogP contribution in [0.1, 0.15) is 29.2 Å². The minimum Gasteiger partial charge on any atom is -0.388 e. The van der Waals surface area contributed by atoms with Gasteiger partial charge in [0.2, 0.25) is 0 Å². The van der Waals surface area contributed by atoms with Crippen molar-refractivity contribution in [2.75, 3.05) is 0 Å². The van der Waals surface area contributed by atoms with Crippen LogP contribution in [0.5, 0.6) is 0 Å². The number of benzene rings is 2. The molecule has 0 heterocycles. The second-order valence-electron chi connectivity index (χ2n) is 4.78. The van der Waals surface area contributed by atoms with Gasteiger partial charge >= 0.3 is 6.18 Å². The van der Waals surface area contributed by atoms with Gasteiger partial charge in [-0.15, -0.1) is 0 Å². The third kappa shape index (κ3) is 4.32. The van der Waals surface area contributed by atoms with Gasteiger partial charge in [-0.1, -0.05) is 52.3 Å². The van der Waals surface area contributed by atoms with Crippen LogP contribution in [0.2, 0.25) is 0 Å². The molecular formula is C16H14BrF3O. The SMILES string of the molecule is OC(CCc1ccccc1)c1ccc(Br)c(C(F)(F)F)c1. The molecule has 21 heavy (non-hydrogen) atoms. The van der Waals surface area contributed by atoms with Crippen LogP contribution in [0, 0.1) is 0 Å². The summed E-state index contributed by atoms with van der Waals surface area (Å²) in [6, 6.07) is 13.4. The highest BCUT2D eigenvalue weighted by Gasteiger charge is 2.33. The molecule has 1 nitrogen and oxygen atoms in total. The number of halogens is 4. The molecule has 0 saturated heterocycles. The third-order valence-electron chi connectivity index (χ3n) is 3.23. The van der Waals surface area contributed by atoms with E-state index in [-0.39, 0.29) is 10.0 Å². The van der Waals surface area contributed by atoms with E-state index in [0.717, 1.165) is 11.6 Å². The topological polar surface area (TPSA) is 20.2 Å². The molecule has 2 aromatic rings. The van der Waals surface area contributed by atoms with Gasteiger partial charge in [0.25, 0.3) is 0 Å². The second kappa shape index (κ2) is 6.62. The number of alkyl halides is 3. The van der Waals surface area contributed by atoms with E-state index < -0.39 is 17.8 Å². The van der Waals surface area contributed by atoms with Crippen molar-refractivity contribution < 1.29 is 18.3 Å². The predicted octanol–water partition coefficient (Wildman–Crippen LogP) is 5.13. The third-order valence-corrected chi connectivity index (χ3v) is 3.92. The predicted molar refractivity (Wildman–Crippen MR) is 78.9 cm³/mol. The molecular weight excluding hydrogens is 345 g/mol. The van der Waals surface area contributed by atoms with Crippen LogP contribution < -0.4 is 0 Å². The first-order valence-corrected chi connectivity index (χ1v) is 7.26. The summed E-state index contributed by atoms with van der Waals surface area (Å²) in [5, 5.41) is 10.1. The molecule has 5 heteroatoms. The number of hydrogen-bond acceptors (Lipinski definition) is 1. The van der Waals surface area contributed by atoms with Crippen LogP contribution >= 0.6 is 15.9 Å². The van der Waals surface area contributed by atoms with Gasteiger partial charge in [0.15, 0.2) is 0 Å². The summed E-state index contributed by atoms with van der Waals surface area (Å²) in [6.45, 7) is 0. The lowest BCUT2D eigenvalue weighted by Gasteiger charge is -2.15. The Morgan fingerprint density at radius 1 is 1.05 bits per heavy atom. The van der Waals surface area contributed by atoms with E-state index in [9.17, 15) is 18.3 Å². The number of aliphatic hydroxyl groups excluding tert-OH is 1. The van der Waals surface area contributed by atoms with Crippen molar-refractivity contribution in [2.45, 2.75) is 25.1 Å².